The van der Waals surface area contributed by atoms with E-state index in [2.05, 4.69) is 10.3 Å². The number of nitrogen functional groups attached to an aromatic ring is 1. The SMILES string of the molecule is CC(Nc1c(N)n(C)c(=O)[nH]c1=O)C1CC1. The lowest BCUT2D eigenvalue weighted by molar-refractivity contribution is 0.689. The molecule has 16 heavy (non-hydrogen) atoms. The number of nitrogens with one attached hydrogen (secondary N) is 2. The van der Waals surface area contributed by atoms with Crippen molar-refractivity contribution in [3.8, 4) is 0 Å². The number of H-pyrrole nitrogens is 1. The topological polar surface area (TPSA) is 92.9 Å². The maximum absolute atomic E-state index is 11.6. The predicted octanol–water partition coefficient (Wildman–Crippen LogP) is -0.134. The first-order valence-corrected chi connectivity index (χ1v) is 5.36. The summed E-state index contributed by atoms with van der Waals surface area (Å²) in [6.45, 7) is 2.02. The van der Waals surface area contributed by atoms with Gasteiger partial charge < -0.3 is 11.1 Å². The molecule has 1 atom stereocenters. The third-order valence-electron chi connectivity index (χ3n) is 3.07. The van der Waals surface area contributed by atoms with Crippen LogP contribution in [0.5, 0.6) is 0 Å². The summed E-state index contributed by atoms with van der Waals surface area (Å²) < 4.78 is 1.23. The normalized spacial score (nSPS) is 17.1. The molecule has 6 nitrogen and oxygen atoms in total. The molecular weight excluding hydrogens is 208 g/mol. The molecule has 4 N–H and O–H groups in total. The first-order chi connectivity index (χ1) is 7.50. The lowest BCUT2D eigenvalue weighted by Crippen LogP contribution is -2.34. The van der Waals surface area contributed by atoms with E-state index < -0.39 is 11.2 Å². The Balaban J connectivity index is 2.36. The molecule has 0 spiro atoms. The molecular formula is C10H16N4O2. The fourth-order valence-electron chi connectivity index (χ4n) is 1.72. The highest BCUT2D eigenvalue weighted by Gasteiger charge is 2.28. The van der Waals surface area contributed by atoms with Crippen LogP contribution in [0, 0.1) is 5.92 Å². The first kappa shape index (κ1) is 10.8. The van der Waals surface area contributed by atoms with E-state index in [1.807, 2.05) is 6.92 Å². The highest BCUT2D eigenvalue weighted by Crippen LogP contribution is 2.33. The zero-order valence-electron chi connectivity index (χ0n) is 9.41. The Labute approximate surface area is 92.5 Å². The molecule has 6 heteroatoms. The molecule has 1 aromatic rings. The quantitative estimate of drug-likeness (QED) is 0.666. The van der Waals surface area contributed by atoms with Crippen LogP contribution in [0.4, 0.5) is 11.5 Å². The number of nitrogens with zero attached hydrogens (tertiary/aromatic N) is 1. The summed E-state index contributed by atoms with van der Waals surface area (Å²) in [5.74, 6) is 0.789. The second-order valence-corrected chi connectivity index (χ2v) is 4.35. The molecule has 0 saturated heterocycles. The Morgan fingerprint density at radius 3 is 2.69 bits per heavy atom. The van der Waals surface area contributed by atoms with Crippen LogP contribution in [0.15, 0.2) is 9.59 Å². The van der Waals surface area contributed by atoms with Gasteiger partial charge in [-0.25, -0.2) is 4.79 Å². The van der Waals surface area contributed by atoms with Crippen LogP contribution in [-0.4, -0.2) is 15.6 Å². The zero-order valence-corrected chi connectivity index (χ0v) is 9.41. The van der Waals surface area contributed by atoms with Gasteiger partial charge in [0.2, 0.25) is 0 Å². The Kier molecular flexibility index (Phi) is 2.49. The van der Waals surface area contributed by atoms with E-state index in [1.165, 1.54) is 24.5 Å². The average molecular weight is 224 g/mol. The minimum Gasteiger partial charge on any atom is -0.383 e. The molecule has 2 rings (SSSR count). The fourth-order valence-corrected chi connectivity index (χ4v) is 1.72. The number of rotatable bonds is 3. The van der Waals surface area contributed by atoms with E-state index in [-0.39, 0.29) is 11.9 Å². The van der Waals surface area contributed by atoms with Crippen molar-refractivity contribution >= 4 is 11.5 Å². The molecule has 0 radical (unpaired) electrons. The predicted molar refractivity (Wildman–Crippen MR) is 62.5 cm³/mol. The highest BCUT2D eigenvalue weighted by molar-refractivity contribution is 5.60. The van der Waals surface area contributed by atoms with Crippen LogP contribution in [0.2, 0.25) is 0 Å². The Bertz CT molecular complexity index is 513. The number of hydrogen-bond donors (Lipinski definition) is 3. The van der Waals surface area contributed by atoms with E-state index in [9.17, 15) is 9.59 Å². The largest absolute Gasteiger partial charge is 0.383 e. The average Bonchev–Trinajstić information content (AvgIpc) is 3.04. The molecule has 0 bridgehead atoms. The summed E-state index contributed by atoms with van der Waals surface area (Å²) in [5, 5.41) is 3.08. The van der Waals surface area contributed by atoms with Crippen LogP contribution in [0.3, 0.4) is 0 Å². The number of aromatic nitrogens is 2. The number of hydrogen-bond acceptors (Lipinski definition) is 4. The highest BCUT2D eigenvalue weighted by atomic mass is 16.2. The van der Waals surface area contributed by atoms with E-state index in [1.54, 1.807) is 0 Å². The van der Waals surface area contributed by atoms with E-state index in [0.717, 1.165) is 0 Å². The zero-order chi connectivity index (χ0) is 11.9. The van der Waals surface area contributed by atoms with Gasteiger partial charge in [-0.15, -0.1) is 0 Å². The van der Waals surface area contributed by atoms with Crippen molar-refractivity contribution in [2.24, 2.45) is 13.0 Å². The van der Waals surface area contributed by atoms with Crippen molar-refractivity contribution in [1.82, 2.24) is 9.55 Å². The standard InChI is InChI=1S/C10H16N4O2/c1-5(6-3-4-6)12-7-8(11)14(2)10(16)13-9(7)15/h5-6,12H,3-4,11H2,1-2H3,(H,13,15,16). The van der Waals surface area contributed by atoms with Crippen LogP contribution in [0.25, 0.3) is 0 Å². The number of aromatic amines is 1. The van der Waals surface area contributed by atoms with Gasteiger partial charge in [-0.3, -0.25) is 14.3 Å². The molecule has 1 fully saturated rings. The van der Waals surface area contributed by atoms with Gasteiger partial charge in [-0.1, -0.05) is 0 Å². The van der Waals surface area contributed by atoms with E-state index in [4.69, 9.17) is 5.73 Å². The summed E-state index contributed by atoms with van der Waals surface area (Å²) in [4.78, 5) is 25.0. The van der Waals surface area contributed by atoms with E-state index >= 15 is 0 Å². The van der Waals surface area contributed by atoms with Crippen molar-refractivity contribution in [2.45, 2.75) is 25.8 Å². The molecule has 1 unspecified atom stereocenters. The van der Waals surface area contributed by atoms with E-state index in [0.29, 0.717) is 11.6 Å². The second-order valence-electron chi connectivity index (χ2n) is 4.35. The number of nitrogens with two attached hydrogens (primary N) is 1. The molecule has 1 saturated carbocycles. The van der Waals surface area contributed by atoms with Crippen LogP contribution < -0.4 is 22.3 Å². The monoisotopic (exact) mass is 224 g/mol. The summed E-state index contributed by atoms with van der Waals surface area (Å²) in [6, 6.07) is 0.209. The van der Waals surface area contributed by atoms with Crippen LogP contribution in [0.1, 0.15) is 19.8 Å². The summed E-state index contributed by atoms with van der Waals surface area (Å²) in [5.41, 5.74) is 5.08. The summed E-state index contributed by atoms with van der Waals surface area (Å²) in [7, 11) is 1.53. The molecule has 0 aliphatic heterocycles. The first-order valence-electron chi connectivity index (χ1n) is 5.36. The molecule has 0 aromatic carbocycles. The molecule has 1 aliphatic carbocycles. The smallest absolute Gasteiger partial charge is 0.329 e. The maximum Gasteiger partial charge on any atom is 0.329 e. The molecule has 1 aromatic heterocycles. The minimum absolute atomic E-state index is 0.182. The number of anilines is 2. The van der Waals surface area contributed by atoms with Gasteiger partial charge in [0.1, 0.15) is 11.5 Å². The molecule has 1 aliphatic rings. The van der Waals surface area contributed by atoms with Gasteiger partial charge >= 0.3 is 5.69 Å². The second kappa shape index (κ2) is 3.70. The van der Waals surface area contributed by atoms with Crippen LogP contribution >= 0.6 is 0 Å². The summed E-state index contributed by atoms with van der Waals surface area (Å²) >= 11 is 0. The van der Waals surface area contributed by atoms with Gasteiger partial charge in [0.05, 0.1) is 0 Å². The lowest BCUT2D eigenvalue weighted by atomic mass is 10.2. The van der Waals surface area contributed by atoms with Gasteiger partial charge in [0, 0.05) is 13.1 Å². The lowest BCUT2D eigenvalue weighted by Gasteiger charge is -2.16. The third kappa shape index (κ3) is 1.82. The molecule has 88 valence electrons. The van der Waals surface area contributed by atoms with Gasteiger partial charge in [0.15, 0.2) is 0 Å². The Hall–Kier alpha value is -1.72. The fraction of sp³-hybridized carbons (Fsp3) is 0.600. The van der Waals surface area contributed by atoms with Crippen LogP contribution in [-0.2, 0) is 7.05 Å². The molecule has 0 amide bonds. The Morgan fingerprint density at radius 2 is 2.12 bits per heavy atom. The minimum atomic E-state index is -0.493. The van der Waals surface area contributed by atoms with Crippen molar-refractivity contribution in [2.75, 3.05) is 11.1 Å². The van der Waals surface area contributed by atoms with Crippen molar-refractivity contribution in [3.05, 3.63) is 20.8 Å². The van der Waals surface area contributed by atoms with Crippen molar-refractivity contribution in [3.63, 3.8) is 0 Å². The maximum atomic E-state index is 11.6. The van der Waals surface area contributed by atoms with Crippen molar-refractivity contribution in [1.29, 1.82) is 0 Å². The third-order valence-corrected chi connectivity index (χ3v) is 3.07. The van der Waals surface area contributed by atoms with Gasteiger partial charge in [-0.2, -0.15) is 0 Å². The molecule has 1 heterocycles. The van der Waals surface area contributed by atoms with Gasteiger partial charge in [0.25, 0.3) is 5.56 Å². The van der Waals surface area contributed by atoms with Gasteiger partial charge in [-0.05, 0) is 25.7 Å². The Morgan fingerprint density at radius 1 is 1.50 bits per heavy atom. The summed E-state index contributed by atoms with van der Waals surface area (Å²) in [6.07, 6.45) is 2.36. The van der Waals surface area contributed by atoms with Crippen molar-refractivity contribution < 1.29 is 0 Å².